The number of likely N-dealkylation sites (tertiary alicyclic amines) is 1. The number of Topliss-reactive ketones (excluding diaryl/α,β-unsaturated/α-hetero) is 1. The fourth-order valence-electron chi connectivity index (χ4n) is 4.99. The molecule has 52 heavy (non-hydrogen) atoms. The number of pyridine rings is 3. The molecular formula is C36H43Br3ClN7O5. The number of hydrogen-bond donors (Lipinski definition) is 1. The van der Waals surface area contributed by atoms with Crippen LogP contribution in [0.4, 0.5) is 5.82 Å². The molecule has 1 atom stereocenters. The van der Waals surface area contributed by atoms with E-state index in [1.54, 1.807) is 26.1 Å². The van der Waals surface area contributed by atoms with E-state index in [4.69, 9.17) is 22.1 Å². The molecule has 0 amide bonds. The number of hydrogen-bond acceptors (Lipinski definition) is 10. The van der Waals surface area contributed by atoms with E-state index in [-0.39, 0.29) is 30.5 Å². The van der Waals surface area contributed by atoms with Crippen LogP contribution >= 0.6 is 59.4 Å². The number of aromatic nitrogens is 5. The summed E-state index contributed by atoms with van der Waals surface area (Å²) in [6, 6.07) is 12.2. The number of carbonyl (C=O) groups excluding carboxylic acids is 3. The van der Waals surface area contributed by atoms with Crippen molar-refractivity contribution in [2.75, 3.05) is 37.9 Å². The molecule has 6 heterocycles. The molecule has 0 saturated carbocycles. The Morgan fingerprint density at radius 2 is 1.42 bits per heavy atom. The Labute approximate surface area is 333 Å². The monoisotopic (exact) mass is 925 g/mol. The van der Waals surface area contributed by atoms with Gasteiger partial charge in [-0.2, -0.15) is 0 Å². The van der Waals surface area contributed by atoms with Crippen LogP contribution in [0.3, 0.4) is 0 Å². The van der Waals surface area contributed by atoms with Crippen LogP contribution in [0.15, 0.2) is 80.8 Å². The van der Waals surface area contributed by atoms with E-state index in [0.29, 0.717) is 19.0 Å². The molecule has 0 aromatic carbocycles. The second-order valence-corrected chi connectivity index (χ2v) is 14.5. The van der Waals surface area contributed by atoms with Gasteiger partial charge in [0.1, 0.15) is 23.5 Å². The highest BCUT2D eigenvalue weighted by atomic mass is 79.9. The van der Waals surface area contributed by atoms with E-state index in [1.165, 1.54) is 25.1 Å². The first-order chi connectivity index (χ1) is 24.9. The van der Waals surface area contributed by atoms with Crippen molar-refractivity contribution in [3.05, 3.63) is 92.2 Å². The number of anilines is 1. The van der Waals surface area contributed by atoms with Crippen LogP contribution in [0.25, 0.3) is 11.3 Å². The third kappa shape index (κ3) is 15.3. The third-order valence-corrected chi connectivity index (χ3v) is 9.16. The van der Waals surface area contributed by atoms with Gasteiger partial charge in [0.25, 0.3) is 0 Å². The van der Waals surface area contributed by atoms with Gasteiger partial charge < -0.3 is 28.9 Å². The van der Waals surface area contributed by atoms with Crippen molar-refractivity contribution in [1.82, 2.24) is 28.7 Å². The number of carbonyl (C=O) groups is 3. The Bertz CT molecular complexity index is 1870. The Balaban J connectivity index is 0.000000197. The minimum Gasteiger partial charge on any atom is -0.466 e. The van der Waals surface area contributed by atoms with E-state index in [1.807, 2.05) is 47.1 Å². The van der Waals surface area contributed by atoms with Crippen LogP contribution in [0.1, 0.15) is 51.4 Å². The predicted molar refractivity (Wildman–Crippen MR) is 213 cm³/mol. The van der Waals surface area contributed by atoms with Crippen LogP contribution in [0.2, 0.25) is 0 Å². The van der Waals surface area contributed by atoms with Gasteiger partial charge in [-0.05, 0) is 124 Å². The average molecular weight is 929 g/mol. The molecule has 2 N–H and O–H groups in total. The van der Waals surface area contributed by atoms with Gasteiger partial charge in [-0.3, -0.25) is 14.4 Å². The number of rotatable bonds is 10. The van der Waals surface area contributed by atoms with Gasteiger partial charge in [0.15, 0.2) is 5.78 Å². The zero-order valence-corrected chi connectivity index (χ0v) is 34.8. The van der Waals surface area contributed by atoms with E-state index in [9.17, 15) is 14.4 Å². The summed E-state index contributed by atoms with van der Waals surface area (Å²) in [5.74, 6) is -0.634. The first-order valence-electron chi connectivity index (χ1n) is 16.7. The quantitative estimate of drug-likeness (QED) is 0.0849. The Hall–Kier alpha value is -3.37. The first kappa shape index (κ1) is 43.0. The summed E-state index contributed by atoms with van der Waals surface area (Å²) in [6.07, 6.45) is 13.3. The summed E-state index contributed by atoms with van der Waals surface area (Å²) >= 11 is 15.2. The van der Waals surface area contributed by atoms with Gasteiger partial charge in [0.2, 0.25) is 0 Å². The van der Waals surface area contributed by atoms with E-state index in [2.05, 4.69) is 96.1 Å². The zero-order chi connectivity index (χ0) is 38.0. The molecule has 0 spiro atoms. The van der Waals surface area contributed by atoms with Crippen molar-refractivity contribution in [2.45, 2.75) is 58.9 Å². The Kier molecular flexibility index (Phi) is 18.7. The maximum atomic E-state index is 11.3. The summed E-state index contributed by atoms with van der Waals surface area (Å²) in [7, 11) is 0. The zero-order valence-electron chi connectivity index (χ0n) is 29.3. The lowest BCUT2D eigenvalue weighted by Crippen LogP contribution is -2.29. The number of imidazole rings is 2. The van der Waals surface area contributed by atoms with Crippen molar-refractivity contribution >= 4 is 94.2 Å². The standard InChI is InChI=1S/C14H18BrN3.C11H11BrN2O2.C6H9ClO3.C5H5BrN2/c1-11-3-2-7-17(11)8-6-13-10-18-9-12(15)4-5-14(18)16-13;1-2-16-11(15)5-9-7-14-6-8(12)3-4-10(14)13-9;1-2-10-6(9)3-5(8)4-7;6-4-1-2-5(7)8-3-4/h4-5,9-11H,2-3,6-8H2,1H3;3-4,6-7H,2,5H2,1H3;2-4H2,1H3;1-3H,(H2,7,8)/t11-;;;/m1.../s1. The number of halogens is 4. The maximum Gasteiger partial charge on any atom is 0.313 e. The number of alkyl halides is 1. The molecule has 280 valence electrons. The van der Waals surface area contributed by atoms with Gasteiger partial charge in [0, 0.05) is 63.4 Å². The molecule has 0 aliphatic carbocycles. The second kappa shape index (κ2) is 22.6. The molecule has 1 fully saturated rings. The third-order valence-electron chi connectivity index (χ3n) is 7.45. The maximum absolute atomic E-state index is 11.3. The molecule has 5 aromatic heterocycles. The highest BCUT2D eigenvalue weighted by molar-refractivity contribution is 9.11. The van der Waals surface area contributed by atoms with Gasteiger partial charge >= 0.3 is 11.9 Å². The van der Waals surface area contributed by atoms with Crippen molar-refractivity contribution in [3.63, 3.8) is 0 Å². The number of fused-ring (bicyclic) bond motifs is 2. The average Bonchev–Trinajstić information content (AvgIpc) is 3.83. The van der Waals surface area contributed by atoms with Crippen molar-refractivity contribution in [1.29, 1.82) is 0 Å². The molecule has 0 unspecified atom stereocenters. The number of nitrogens with two attached hydrogens (primary N) is 1. The lowest BCUT2D eigenvalue weighted by molar-refractivity contribution is -0.145. The summed E-state index contributed by atoms with van der Waals surface area (Å²) in [5.41, 5.74) is 9.05. The number of ketones is 1. The van der Waals surface area contributed by atoms with Gasteiger partial charge in [-0.1, -0.05) is 0 Å². The lowest BCUT2D eigenvalue weighted by atomic mass is 10.2. The molecule has 0 bridgehead atoms. The summed E-state index contributed by atoms with van der Waals surface area (Å²) in [6.45, 7) is 8.88. The Morgan fingerprint density at radius 3 is 1.94 bits per heavy atom. The fourth-order valence-corrected chi connectivity index (χ4v) is 6.03. The van der Waals surface area contributed by atoms with Crippen LogP contribution in [-0.4, -0.2) is 84.6 Å². The topological polar surface area (TPSA) is 146 Å². The molecule has 6 rings (SSSR count). The molecule has 0 radical (unpaired) electrons. The number of ether oxygens (including phenoxy) is 2. The van der Waals surface area contributed by atoms with Gasteiger partial charge in [0.05, 0.1) is 36.9 Å². The van der Waals surface area contributed by atoms with E-state index in [0.717, 1.165) is 49.4 Å². The number of nitrogens with zero attached hydrogens (tertiary/aromatic N) is 6. The summed E-state index contributed by atoms with van der Waals surface area (Å²) < 4.78 is 16.3. The molecule has 16 heteroatoms. The van der Waals surface area contributed by atoms with E-state index >= 15 is 0 Å². The SMILES string of the molecule is CCOC(=O)CC(=O)CCl.CCOC(=O)Cc1cn2cc(Br)ccc2n1.C[C@@H]1CCCN1CCc1cn2cc(Br)ccc2n1.Nc1ccc(Br)cn1. The smallest absolute Gasteiger partial charge is 0.313 e. The minimum absolute atomic E-state index is 0.126. The molecular weight excluding hydrogens is 886 g/mol. The van der Waals surface area contributed by atoms with Gasteiger partial charge in [-0.15, -0.1) is 11.6 Å². The summed E-state index contributed by atoms with van der Waals surface area (Å²) in [5, 5.41) is 0. The van der Waals surface area contributed by atoms with E-state index < -0.39 is 5.97 Å². The molecule has 1 aliphatic rings. The van der Waals surface area contributed by atoms with Crippen LogP contribution in [0.5, 0.6) is 0 Å². The molecule has 12 nitrogen and oxygen atoms in total. The first-order valence-corrected chi connectivity index (χ1v) is 19.6. The normalized spacial score (nSPS) is 13.6. The van der Waals surface area contributed by atoms with Crippen LogP contribution in [0, 0.1) is 0 Å². The fraction of sp³-hybridized carbons (Fsp3) is 0.389. The largest absolute Gasteiger partial charge is 0.466 e. The van der Waals surface area contributed by atoms with Crippen molar-refractivity contribution < 1.29 is 23.9 Å². The highest BCUT2D eigenvalue weighted by Gasteiger charge is 2.19. The second-order valence-electron chi connectivity index (χ2n) is 11.5. The predicted octanol–water partition coefficient (Wildman–Crippen LogP) is 7.50. The number of nitrogen functional groups attached to an aromatic ring is 1. The molecule has 1 saturated heterocycles. The van der Waals surface area contributed by atoms with Crippen LogP contribution < -0.4 is 5.73 Å². The lowest BCUT2D eigenvalue weighted by Gasteiger charge is -2.19. The number of esters is 2. The highest BCUT2D eigenvalue weighted by Crippen LogP contribution is 2.18. The molecule has 5 aromatic rings. The van der Waals surface area contributed by atoms with Crippen LogP contribution in [-0.2, 0) is 36.7 Å². The van der Waals surface area contributed by atoms with Gasteiger partial charge in [-0.25, -0.2) is 15.0 Å². The van der Waals surface area contributed by atoms with Crippen molar-refractivity contribution in [2.24, 2.45) is 0 Å². The molecule has 1 aliphatic heterocycles. The Morgan fingerprint density at radius 1 is 0.846 bits per heavy atom. The minimum atomic E-state index is -0.506. The van der Waals surface area contributed by atoms with Crippen molar-refractivity contribution in [3.8, 4) is 0 Å². The summed E-state index contributed by atoms with van der Waals surface area (Å²) in [4.78, 5) is 47.6.